The average Bonchev–Trinajstić information content (AvgIpc) is 2.86. The molecule has 0 saturated heterocycles. The monoisotopic (exact) mass is 456 g/mol. The van der Waals surface area contributed by atoms with Crippen LogP contribution in [0, 0.1) is 0 Å². The Morgan fingerprint density at radius 1 is 1.06 bits per heavy atom. The Balaban J connectivity index is 1.56. The van der Waals surface area contributed by atoms with E-state index < -0.39 is 0 Å². The van der Waals surface area contributed by atoms with E-state index in [0.29, 0.717) is 17.9 Å². The minimum atomic E-state index is -0.140. The summed E-state index contributed by atoms with van der Waals surface area (Å²) < 4.78 is 5.70. The number of amides is 2. The van der Waals surface area contributed by atoms with Gasteiger partial charge in [-0.15, -0.1) is 0 Å². The number of nitrogens with zero attached hydrogens (tertiary/aromatic N) is 1. The Bertz CT molecular complexity index is 1190. The van der Waals surface area contributed by atoms with Crippen molar-refractivity contribution in [3.8, 4) is 5.75 Å². The van der Waals surface area contributed by atoms with Gasteiger partial charge in [0.25, 0.3) is 11.8 Å². The lowest BCUT2D eigenvalue weighted by molar-refractivity contribution is -0.121. The quantitative estimate of drug-likeness (QED) is 0.489. The fraction of sp³-hybridized carbons (Fsp3) is 0.310. The molecule has 4 rings (SSSR count). The van der Waals surface area contributed by atoms with Gasteiger partial charge in [0.05, 0.1) is 18.3 Å². The highest BCUT2D eigenvalue weighted by Gasteiger charge is 2.28. The number of benzene rings is 3. The summed E-state index contributed by atoms with van der Waals surface area (Å²) in [6, 6.07) is 23.3. The van der Waals surface area contributed by atoms with Crippen LogP contribution in [0.15, 0.2) is 72.8 Å². The predicted octanol–water partition coefficient (Wildman–Crippen LogP) is 5.79. The zero-order valence-electron chi connectivity index (χ0n) is 20.3. The second-order valence-electron chi connectivity index (χ2n) is 9.49. The lowest BCUT2D eigenvalue weighted by atomic mass is 9.82. The maximum Gasteiger partial charge on any atom is 0.265 e. The number of fused-ring (bicyclic) bond motifs is 1. The molecule has 0 fully saturated rings. The predicted molar refractivity (Wildman–Crippen MR) is 135 cm³/mol. The van der Waals surface area contributed by atoms with Crippen molar-refractivity contribution in [2.24, 2.45) is 0 Å². The summed E-state index contributed by atoms with van der Waals surface area (Å²) in [5, 5.41) is 3.06. The van der Waals surface area contributed by atoms with E-state index in [2.05, 4.69) is 38.2 Å². The molecule has 5 nitrogen and oxygen atoms in total. The third-order valence-electron chi connectivity index (χ3n) is 6.74. The van der Waals surface area contributed by atoms with Crippen LogP contribution in [0.25, 0.3) is 0 Å². The average molecular weight is 457 g/mol. The molecule has 1 N–H and O–H groups in total. The van der Waals surface area contributed by atoms with Gasteiger partial charge < -0.3 is 15.0 Å². The van der Waals surface area contributed by atoms with Crippen molar-refractivity contribution in [2.75, 3.05) is 11.5 Å². The molecule has 176 valence electrons. The van der Waals surface area contributed by atoms with Gasteiger partial charge in [-0.3, -0.25) is 9.59 Å². The van der Waals surface area contributed by atoms with Gasteiger partial charge in [-0.1, -0.05) is 69.3 Å². The third kappa shape index (κ3) is 4.98. The Hall–Kier alpha value is -3.60. The van der Waals surface area contributed by atoms with Crippen molar-refractivity contribution in [3.05, 3.63) is 95.1 Å². The van der Waals surface area contributed by atoms with Gasteiger partial charge in [0.2, 0.25) is 0 Å². The van der Waals surface area contributed by atoms with E-state index in [1.165, 1.54) is 5.56 Å². The van der Waals surface area contributed by atoms with Crippen LogP contribution in [0.5, 0.6) is 5.75 Å². The first-order valence-electron chi connectivity index (χ1n) is 11.8. The second-order valence-corrected chi connectivity index (χ2v) is 9.49. The van der Waals surface area contributed by atoms with Gasteiger partial charge >= 0.3 is 0 Å². The van der Waals surface area contributed by atoms with Crippen LogP contribution < -0.4 is 15.0 Å². The first kappa shape index (κ1) is 23.6. The molecule has 1 atom stereocenters. The van der Waals surface area contributed by atoms with Crippen LogP contribution in [0.1, 0.15) is 67.2 Å². The number of anilines is 1. The number of hydrogen-bond acceptors (Lipinski definition) is 3. The van der Waals surface area contributed by atoms with Crippen LogP contribution in [0.4, 0.5) is 5.69 Å². The summed E-state index contributed by atoms with van der Waals surface area (Å²) in [7, 11) is 0. The molecule has 0 saturated carbocycles. The van der Waals surface area contributed by atoms with Gasteiger partial charge in [0.1, 0.15) is 5.75 Å². The SMILES string of the molecule is CCC(C)(C)c1ccc2c(c1)N(Cc1cccc(C(=O)NC(C)c3ccccc3)c1)C(=O)CO2. The smallest absolute Gasteiger partial charge is 0.265 e. The first-order valence-corrected chi connectivity index (χ1v) is 11.8. The number of ether oxygens (including phenoxy) is 1. The third-order valence-corrected chi connectivity index (χ3v) is 6.74. The molecule has 0 aliphatic carbocycles. The molecule has 1 heterocycles. The normalized spacial score (nSPS) is 14.2. The minimum absolute atomic E-state index is 0.00531. The Morgan fingerprint density at radius 3 is 2.56 bits per heavy atom. The maximum absolute atomic E-state index is 12.9. The zero-order valence-corrected chi connectivity index (χ0v) is 20.3. The fourth-order valence-electron chi connectivity index (χ4n) is 4.10. The first-order chi connectivity index (χ1) is 16.3. The number of hydrogen-bond donors (Lipinski definition) is 1. The topological polar surface area (TPSA) is 58.6 Å². The van der Waals surface area contributed by atoms with Crippen LogP contribution in [-0.4, -0.2) is 18.4 Å². The Kier molecular flexibility index (Phi) is 6.73. The van der Waals surface area contributed by atoms with Gasteiger partial charge in [-0.2, -0.15) is 0 Å². The molecule has 1 aliphatic heterocycles. The zero-order chi connectivity index (χ0) is 24.3. The highest BCUT2D eigenvalue weighted by atomic mass is 16.5. The molecule has 34 heavy (non-hydrogen) atoms. The number of carbonyl (C=O) groups is 2. The summed E-state index contributed by atoms with van der Waals surface area (Å²) in [4.78, 5) is 27.5. The van der Waals surface area contributed by atoms with Crippen molar-refractivity contribution >= 4 is 17.5 Å². The number of carbonyl (C=O) groups excluding carboxylic acids is 2. The van der Waals surface area contributed by atoms with Crippen LogP contribution >= 0.6 is 0 Å². The molecule has 3 aromatic rings. The van der Waals surface area contributed by atoms with E-state index in [1.807, 2.05) is 61.5 Å². The molecule has 5 heteroatoms. The summed E-state index contributed by atoms with van der Waals surface area (Å²) >= 11 is 0. The van der Waals surface area contributed by atoms with E-state index in [0.717, 1.165) is 23.2 Å². The van der Waals surface area contributed by atoms with E-state index in [1.54, 1.807) is 11.0 Å². The standard InChI is InChI=1S/C29H32N2O3/c1-5-29(3,4)24-14-15-26-25(17-24)31(27(32)19-34-26)18-21-10-9-13-23(16-21)28(33)30-20(2)22-11-7-6-8-12-22/h6-17,20H,5,18-19H2,1-4H3,(H,30,33). The number of rotatable bonds is 7. The lowest BCUT2D eigenvalue weighted by Crippen LogP contribution is -2.38. The summed E-state index contributed by atoms with van der Waals surface area (Å²) in [6.07, 6.45) is 0.985. The van der Waals surface area contributed by atoms with E-state index in [-0.39, 0.29) is 29.9 Å². The van der Waals surface area contributed by atoms with Crippen molar-refractivity contribution < 1.29 is 14.3 Å². The maximum atomic E-state index is 12.9. The van der Waals surface area contributed by atoms with Gasteiger partial charge in [0, 0.05) is 5.56 Å². The Labute approximate surface area is 201 Å². The molecule has 0 radical (unpaired) electrons. The summed E-state index contributed by atoms with van der Waals surface area (Å²) in [5.41, 5.74) is 4.45. The summed E-state index contributed by atoms with van der Waals surface area (Å²) in [5.74, 6) is 0.478. The highest BCUT2D eigenvalue weighted by Crippen LogP contribution is 2.38. The molecule has 0 aromatic heterocycles. The van der Waals surface area contributed by atoms with Crippen molar-refractivity contribution in [1.82, 2.24) is 5.32 Å². The molecular formula is C29H32N2O3. The minimum Gasteiger partial charge on any atom is -0.482 e. The molecule has 2 amide bonds. The molecule has 3 aromatic carbocycles. The van der Waals surface area contributed by atoms with Crippen LogP contribution in [-0.2, 0) is 16.8 Å². The van der Waals surface area contributed by atoms with Crippen molar-refractivity contribution in [3.63, 3.8) is 0 Å². The van der Waals surface area contributed by atoms with Crippen molar-refractivity contribution in [1.29, 1.82) is 0 Å². The molecule has 0 bridgehead atoms. The largest absolute Gasteiger partial charge is 0.482 e. The molecule has 0 spiro atoms. The van der Waals surface area contributed by atoms with Crippen LogP contribution in [0.3, 0.4) is 0 Å². The van der Waals surface area contributed by atoms with E-state index >= 15 is 0 Å². The molecule has 1 aliphatic rings. The summed E-state index contributed by atoms with van der Waals surface area (Å²) in [6.45, 7) is 8.91. The molecule has 1 unspecified atom stereocenters. The van der Waals surface area contributed by atoms with Gasteiger partial charge in [-0.25, -0.2) is 0 Å². The second kappa shape index (κ2) is 9.72. The molecular weight excluding hydrogens is 424 g/mol. The van der Waals surface area contributed by atoms with E-state index in [9.17, 15) is 9.59 Å². The lowest BCUT2D eigenvalue weighted by Gasteiger charge is -2.32. The van der Waals surface area contributed by atoms with Gasteiger partial charge in [0.15, 0.2) is 6.61 Å². The number of nitrogens with one attached hydrogen (secondary N) is 1. The van der Waals surface area contributed by atoms with Gasteiger partial charge in [-0.05, 0) is 59.7 Å². The van der Waals surface area contributed by atoms with E-state index in [4.69, 9.17) is 4.74 Å². The van der Waals surface area contributed by atoms with Crippen molar-refractivity contribution in [2.45, 2.75) is 52.1 Å². The fourth-order valence-corrected chi connectivity index (χ4v) is 4.10. The van der Waals surface area contributed by atoms with Crippen LogP contribution in [0.2, 0.25) is 0 Å². The Morgan fingerprint density at radius 2 is 1.82 bits per heavy atom. The highest BCUT2D eigenvalue weighted by molar-refractivity contribution is 5.98.